The maximum absolute atomic E-state index is 12.5. The number of nitrogens with one attached hydrogen (secondary N) is 1. The summed E-state index contributed by atoms with van der Waals surface area (Å²) in [5.41, 5.74) is 4.32. The van der Waals surface area contributed by atoms with Crippen molar-refractivity contribution in [3.63, 3.8) is 0 Å². The van der Waals surface area contributed by atoms with Crippen molar-refractivity contribution in [1.82, 2.24) is 4.98 Å². The fraction of sp³-hybridized carbons (Fsp3) is 0.238. The minimum Gasteiger partial charge on any atom is -0.482 e. The van der Waals surface area contributed by atoms with Gasteiger partial charge in [0.1, 0.15) is 5.75 Å². The first-order chi connectivity index (χ1) is 12.4. The van der Waals surface area contributed by atoms with Gasteiger partial charge in [-0.1, -0.05) is 24.3 Å². The first kappa shape index (κ1) is 17.7. The number of aryl methyl sites for hydroxylation is 3. The third-order valence-electron chi connectivity index (χ3n) is 4.09. The average Bonchev–Trinajstić information content (AvgIpc) is 2.93. The second kappa shape index (κ2) is 7.44. The van der Waals surface area contributed by atoms with Gasteiger partial charge in [-0.15, -0.1) is 0 Å². The molecule has 1 aromatic heterocycles. The Balaban J connectivity index is 1.58. The summed E-state index contributed by atoms with van der Waals surface area (Å²) in [5, 5.41) is 0.831. The molecule has 0 unspecified atom stereocenters. The molecule has 2 aromatic carbocycles. The lowest BCUT2D eigenvalue weighted by molar-refractivity contribution is -0.144. The molecule has 1 heterocycles. The predicted octanol–water partition coefficient (Wildman–Crippen LogP) is 3.90. The van der Waals surface area contributed by atoms with Gasteiger partial charge in [0.05, 0.1) is 0 Å². The van der Waals surface area contributed by atoms with Crippen LogP contribution in [-0.4, -0.2) is 30.0 Å². The molecule has 5 heteroatoms. The van der Waals surface area contributed by atoms with Gasteiger partial charge < -0.3 is 14.5 Å². The number of para-hydroxylation sites is 1. The van der Waals surface area contributed by atoms with E-state index in [2.05, 4.69) is 4.98 Å². The van der Waals surface area contributed by atoms with Crippen LogP contribution in [0.1, 0.15) is 27.2 Å². The van der Waals surface area contributed by atoms with Gasteiger partial charge in [-0.05, 0) is 50.1 Å². The summed E-state index contributed by atoms with van der Waals surface area (Å²) < 4.78 is 10.5. The lowest BCUT2D eigenvalue weighted by Crippen LogP contribution is -2.19. The minimum absolute atomic E-state index is 0.233. The molecule has 0 saturated heterocycles. The number of aromatic amines is 1. The fourth-order valence-corrected chi connectivity index (χ4v) is 3.05. The topological polar surface area (TPSA) is 68.4 Å². The lowest BCUT2D eigenvalue weighted by Gasteiger charge is -2.08. The second-order valence-corrected chi connectivity index (χ2v) is 6.37. The molecule has 0 aliphatic heterocycles. The second-order valence-electron chi connectivity index (χ2n) is 6.37. The van der Waals surface area contributed by atoms with Crippen LogP contribution in [0.3, 0.4) is 0 Å². The van der Waals surface area contributed by atoms with Gasteiger partial charge in [0.25, 0.3) is 0 Å². The Hall–Kier alpha value is -3.08. The summed E-state index contributed by atoms with van der Waals surface area (Å²) >= 11 is 0. The predicted molar refractivity (Wildman–Crippen MR) is 99.7 cm³/mol. The van der Waals surface area contributed by atoms with Crippen LogP contribution in [0.2, 0.25) is 0 Å². The number of ether oxygens (including phenoxy) is 2. The normalized spacial score (nSPS) is 10.7. The number of Topliss-reactive ketones (excluding diaryl/α,β-unsaturated/α-hetero) is 1. The van der Waals surface area contributed by atoms with Gasteiger partial charge in [0.15, 0.2) is 13.2 Å². The van der Waals surface area contributed by atoms with E-state index in [9.17, 15) is 9.59 Å². The van der Waals surface area contributed by atoms with E-state index in [4.69, 9.17) is 9.47 Å². The van der Waals surface area contributed by atoms with Crippen LogP contribution in [-0.2, 0) is 9.53 Å². The minimum atomic E-state index is -0.574. The van der Waals surface area contributed by atoms with Gasteiger partial charge in [-0.2, -0.15) is 0 Å². The molecule has 0 saturated carbocycles. The van der Waals surface area contributed by atoms with E-state index in [1.807, 2.05) is 63.2 Å². The van der Waals surface area contributed by atoms with E-state index in [1.54, 1.807) is 0 Å². The summed E-state index contributed by atoms with van der Waals surface area (Å²) in [5.74, 6) is -0.201. The molecule has 134 valence electrons. The van der Waals surface area contributed by atoms with E-state index in [-0.39, 0.29) is 19.0 Å². The summed E-state index contributed by atoms with van der Waals surface area (Å²) in [6.07, 6.45) is 0. The van der Waals surface area contributed by atoms with Crippen molar-refractivity contribution in [1.29, 1.82) is 0 Å². The van der Waals surface area contributed by atoms with Gasteiger partial charge in [-0.3, -0.25) is 4.79 Å². The number of ketones is 1. The average molecular weight is 351 g/mol. The zero-order chi connectivity index (χ0) is 18.7. The smallest absolute Gasteiger partial charge is 0.344 e. The summed E-state index contributed by atoms with van der Waals surface area (Å²) in [7, 11) is 0. The summed E-state index contributed by atoms with van der Waals surface area (Å²) in [6.45, 7) is 5.21. The molecule has 0 amide bonds. The summed E-state index contributed by atoms with van der Waals surface area (Å²) in [4.78, 5) is 27.5. The maximum atomic E-state index is 12.5. The monoisotopic (exact) mass is 351 g/mol. The highest BCUT2D eigenvalue weighted by Gasteiger charge is 2.17. The molecule has 0 radical (unpaired) electrons. The number of rotatable bonds is 6. The standard InChI is InChI=1S/C21H21NO4/c1-13-8-14(2)10-16(9-13)25-12-20(24)26-11-19(23)21-15(3)22-18-7-5-4-6-17(18)21/h4-10,22H,11-12H2,1-3H3. The number of carbonyl (C=O) groups excluding carboxylic acids is 2. The molecular weight excluding hydrogens is 330 g/mol. The van der Waals surface area contributed by atoms with Gasteiger partial charge in [0, 0.05) is 22.2 Å². The highest BCUT2D eigenvalue weighted by molar-refractivity contribution is 6.10. The van der Waals surface area contributed by atoms with Crippen LogP contribution in [0, 0.1) is 20.8 Å². The first-order valence-electron chi connectivity index (χ1n) is 8.41. The Bertz CT molecular complexity index is 951. The summed E-state index contributed by atoms with van der Waals surface area (Å²) in [6, 6.07) is 13.3. The van der Waals surface area contributed by atoms with Gasteiger partial charge in [0.2, 0.25) is 5.78 Å². The zero-order valence-electron chi connectivity index (χ0n) is 15.1. The Morgan fingerprint density at radius 1 is 0.962 bits per heavy atom. The quantitative estimate of drug-likeness (QED) is 0.540. The number of H-pyrrole nitrogens is 1. The molecule has 0 atom stereocenters. The van der Waals surface area contributed by atoms with Crippen LogP contribution >= 0.6 is 0 Å². The molecule has 1 N–H and O–H groups in total. The number of esters is 1. The number of fused-ring (bicyclic) bond motifs is 1. The van der Waals surface area contributed by atoms with Crippen molar-refractivity contribution in [2.75, 3.05) is 13.2 Å². The number of aromatic nitrogens is 1. The molecule has 0 bridgehead atoms. The van der Waals surface area contributed by atoms with Crippen molar-refractivity contribution in [3.05, 3.63) is 64.8 Å². The molecule has 3 rings (SSSR count). The van der Waals surface area contributed by atoms with Crippen LogP contribution in [0.15, 0.2) is 42.5 Å². The van der Waals surface area contributed by atoms with Crippen LogP contribution in [0.5, 0.6) is 5.75 Å². The number of benzene rings is 2. The molecule has 0 spiro atoms. The molecule has 26 heavy (non-hydrogen) atoms. The third kappa shape index (κ3) is 3.94. The first-order valence-corrected chi connectivity index (χ1v) is 8.41. The van der Waals surface area contributed by atoms with Crippen LogP contribution in [0.25, 0.3) is 10.9 Å². The Morgan fingerprint density at radius 2 is 1.65 bits per heavy atom. The van der Waals surface area contributed by atoms with E-state index < -0.39 is 5.97 Å². The lowest BCUT2D eigenvalue weighted by atomic mass is 10.1. The van der Waals surface area contributed by atoms with Gasteiger partial charge >= 0.3 is 5.97 Å². The highest BCUT2D eigenvalue weighted by Crippen LogP contribution is 2.22. The van der Waals surface area contributed by atoms with Gasteiger partial charge in [-0.25, -0.2) is 4.79 Å². The van der Waals surface area contributed by atoms with Crippen LogP contribution in [0.4, 0.5) is 0 Å². The van der Waals surface area contributed by atoms with E-state index >= 15 is 0 Å². The Labute approximate surface area is 151 Å². The molecular formula is C21H21NO4. The highest BCUT2D eigenvalue weighted by atomic mass is 16.6. The number of carbonyl (C=O) groups is 2. The molecule has 5 nitrogen and oxygen atoms in total. The van der Waals surface area contributed by atoms with Crippen molar-refractivity contribution < 1.29 is 19.1 Å². The Kier molecular flexibility index (Phi) is 5.07. The van der Waals surface area contributed by atoms with Crippen LogP contribution < -0.4 is 4.74 Å². The fourth-order valence-electron chi connectivity index (χ4n) is 3.05. The molecule has 0 aliphatic carbocycles. The molecule has 0 aliphatic rings. The van der Waals surface area contributed by atoms with E-state index in [1.165, 1.54) is 0 Å². The maximum Gasteiger partial charge on any atom is 0.344 e. The van der Waals surface area contributed by atoms with Crippen molar-refractivity contribution in [2.24, 2.45) is 0 Å². The van der Waals surface area contributed by atoms with Crippen molar-refractivity contribution >= 4 is 22.7 Å². The Morgan fingerprint density at radius 3 is 2.38 bits per heavy atom. The SMILES string of the molecule is Cc1cc(C)cc(OCC(=O)OCC(=O)c2c(C)[nH]c3ccccc23)c1. The van der Waals surface area contributed by atoms with Crippen molar-refractivity contribution in [3.8, 4) is 5.75 Å². The molecule has 3 aromatic rings. The molecule has 0 fully saturated rings. The third-order valence-corrected chi connectivity index (χ3v) is 4.09. The number of hydrogen-bond donors (Lipinski definition) is 1. The number of hydrogen-bond acceptors (Lipinski definition) is 4. The van der Waals surface area contributed by atoms with Crippen molar-refractivity contribution in [2.45, 2.75) is 20.8 Å². The largest absolute Gasteiger partial charge is 0.482 e. The zero-order valence-corrected chi connectivity index (χ0v) is 15.1. The van der Waals surface area contributed by atoms with E-state index in [0.717, 1.165) is 27.7 Å². The van der Waals surface area contributed by atoms with E-state index in [0.29, 0.717) is 11.3 Å².